The summed E-state index contributed by atoms with van der Waals surface area (Å²) in [5, 5.41) is 2.41. The Labute approximate surface area is 56.1 Å². The van der Waals surface area contributed by atoms with Crippen molar-refractivity contribution in [1.29, 1.82) is 0 Å². The zero-order chi connectivity index (χ0) is 6.69. The van der Waals surface area contributed by atoms with E-state index in [0.29, 0.717) is 0 Å². The molecule has 0 fully saturated rings. The van der Waals surface area contributed by atoms with Crippen molar-refractivity contribution in [2.45, 2.75) is 0 Å². The molecule has 1 heterocycles. The first kappa shape index (κ1) is 6.15. The molecule has 1 aromatic rings. The second-order valence-corrected chi connectivity index (χ2v) is 1.94. The Morgan fingerprint density at radius 3 is 3.11 bits per heavy atom. The van der Waals surface area contributed by atoms with Gasteiger partial charge in [0.15, 0.2) is 0 Å². The average molecular weight is 143 g/mol. The van der Waals surface area contributed by atoms with Gasteiger partial charge in [-0.25, -0.2) is 4.98 Å². The lowest BCUT2D eigenvalue weighted by Crippen LogP contribution is -2.18. The fourth-order valence-electron chi connectivity index (χ4n) is 0.382. The maximum absolute atomic E-state index is 10.6. The van der Waals surface area contributed by atoms with Gasteiger partial charge in [0.05, 0.1) is 0 Å². The van der Waals surface area contributed by atoms with Crippen LogP contribution in [-0.4, -0.2) is 22.3 Å². The molecule has 9 heavy (non-hydrogen) atoms. The lowest BCUT2D eigenvalue weighted by molar-refractivity contribution is 0.0954. The molecule has 0 aromatic carbocycles. The van der Waals surface area contributed by atoms with Gasteiger partial charge in [0, 0.05) is 7.05 Å². The fraction of sp³-hybridized carbons (Fsp3) is 0.250. The molecule has 0 aliphatic carbocycles. The largest absolute Gasteiger partial charge is 0.352 e. The van der Waals surface area contributed by atoms with Gasteiger partial charge in [0.25, 0.3) is 5.91 Å². The molecule has 1 amide bonds. The molecule has 0 aliphatic rings. The van der Waals surface area contributed by atoms with Crippen LogP contribution in [0.3, 0.4) is 0 Å². The summed E-state index contributed by atoms with van der Waals surface area (Å²) in [6, 6.07) is 0. The maximum atomic E-state index is 10.6. The van der Waals surface area contributed by atoms with Gasteiger partial charge in [0.1, 0.15) is 5.51 Å². The van der Waals surface area contributed by atoms with Crippen LogP contribution in [0.1, 0.15) is 10.6 Å². The van der Waals surface area contributed by atoms with Gasteiger partial charge in [-0.1, -0.05) is 0 Å². The van der Waals surface area contributed by atoms with E-state index in [1.165, 1.54) is 5.51 Å². The monoisotopic (exact) mass is 143 g/mol. The smallest absolute Gasteiger partial charge is 0.289 e. The molecule has 1 aromatic heterocycles. The minimum Gasteiger partial charge on any atom is -0.352 e. The third-order valence-corrected chi connectivity index (χ3v) is 1.27. The number of rotatable bonds is 1. The van der Waals surface area contributed by atoms with E-state index in [1.54, 1.807) is 7.05 Å². The SMILES string of the molecule is CNC(=O)c1ncsn1. The van der Waals surface area contributed by atoms with E-state index < -0.39 is 0 Å². The molecule has 0 radical (unpaired) electrons. The minimum absolute atomic E-state index is 0.238. The molecule has 4 nitrogen and oxygen atoms in total. The molecule has 0 spiro atoms. The van der Waals surface area contributed by atoms with E-state index in [2.05, 4.69) is 14.7 Å². The molecule has 0 unspecified atom stereocenters. The Morgan fingerprint density at radius 2 is 2.67 bits per heavy atom. The lowest BCUT2D eigenvalue weighted by atomic mass is 10.6. The van der Waals surface area contributed by atoms with Gasteiger partial charge < -0.3 is 5.32 Å². The normalized spacial score (nSPS) is 9.00. The molecule has 1 rings (SSSR count). The standard InChI is InChI=1S/C4H5N3OS/c1-5-4(8)3-6-2-9-7-3/h2H,1H3,(H,5,8). The summed E-state index contributed by atoms with van der Waals surface area (Å²) in [5.41, 5.74) is 1.52. The zero-order valence-corrected chi connectivity index (χ0v) is 5.60. The van der Waals surface area contributed by atoms with Crippen LogP contribution in [0.5, 0.6) is 0 Å². The number of hydrogen-bond donors (Lipinski definition) is 1. The van der Waals surface area contributed by atoms with Crippen molar-refractivity contribution >= 4 is 17.4 Å². The van der Waals surface area contributed by atoms with E-state index >= 15 is 0 Å². The van der Waals surface area contributed by atoms with Crippen molar-refractivity contribution in [1.82, 2.24) is 14.7 Å². The first-order valence-electron chi connectivity index (χ1n) is 2.33. The fourth-order valence-corrected chi connectivity index (χ4v) is 0.806. The number of nitrogens with zero attached hydrogens (tertiary/aromatic N) is 2. The van der Waals surface area contributed by atoms with Crippen molar-refractivity contribution in [2.24, 2.45) is 0 Å². The highest BCUT2D eigenvalue weighted by Crippen LogP contribution is 1.91. The van der Waals surface area contributed by atoms with E-state index in [4.69, 9.17) is 0 Å². The van der Waals surface area contributed by atoms with E-state index in [0.717, 1.165) is 11.5 Å². The quantitative estimate of drug-likeness (QED) is 0.597. The van der Waals surface area contributed by atoms with Crippen LogP contribution in [0, 0.1) is 0 Å². The Bertz CT molecular complexity index is 196. The van der Waals surface area contributed by atoms with Crippen LogP contribution < -0.4 is 5.32 Å². The van der Waals surface area contributed by atoms with Crippen molar-refractivity contribution in [3.8, 4) is 0 Å². The van der Waals surface area contributed by atoms with Crippen LogP contribution in [0.2, 0.25) is 0 Å². The third-order valence-electron chi connectivity index (χ3n) is 0.791. The molecule has 0 atom stereocenters. The number of carbonyl (C=O) groups is 1. The molecule has 5 heteroatoms. The van der Waals surface area contributed by atoms with Crippen molar-refractivity contribution in [2.75, 3.05) is 7.05 Å². The molecule has 0 saturated carbocycles. The van der Waals surface area contributed by atoms with Crippen molar-refractivity contribution < 1.29 is 4.79 Å². The summed E-state index contributed by atoms with van der Waals surface area (Å²) in [6.07, 6.45) is 0. The molecule has 0 aliphatic heterocycles. The van der Waals surface area contributed by atoms with Crippen LogP contribution in [0.25, 0.3) is 0 Å². The molecule has 0 saturated heterocycles. The second kappa shape index (κ2) is 2.54. The molecule has 48 valence electrons. The van der Waals surface area contributed by atoms with Gasteiger partial charge >= 0.3 is 0 Å². The number of nitrogens with one attached hydrogen (secondary N) is 1. The van der Waals surface area contributed by atoms with Gasteiger partial charge in [0.2, 0.25) is 5.82 Å². The van der Waals surface area contributed by atoms with Gasteiger partial charge in [-0.2, -0.15) is 4.37 Å². The topological polar surface area (TPSA) is 54.9 Å². The predicted octanol–water partition coefficient (Wildman–Crippen LogP) is -0.102. The number of amides is 1. The summed E-state index contributed by atoms with van der Waals surface area (Å²) >= 11 is 1.16. The van der Waals surface area contributed by atoms with E-state index in [1.807, 2.05) is 0 Å². The molecular formula is C4H5N3OS. The minimum atomic E-state index is -0.240. The summed E-state index contributed by atoms with van der Waals surface area (Å²) in [7, 11) is 1.54. The highest BCUT2D eigenvalue weighted by atomic mass is 32.1. The van der Waals surface area contributed by atoms with E-state index in [-0.39, 0.29) is 11.7 Å². The summed E-state index contributed by atoms with van der Waals surface area (Å²) in [6.45, 7) is 0. The van der Waals surface area contributed by atoms with Crippen LogP contribution >= 0.6 is 11.5 Å². The molecule has 1 N–H and O–H groups in total. The van der Waals surface area contributed by atoms with E-state index in [9.17, 15) is 4.79 Å². The van der Waals surface area contributed by atoms with Gasteiger partial charge in [-0.15, -0.1) is 0 Å². The molecular weight excluding hydrogens is 138 g/mol. The first-order chi connectivity index (χ1) is 4.34. The predicted molar refractivity (Wildman–Crippen MR) is 33.3 cm³/mol. The highest BCUT2D eigenvalue weighted by molar-refractivity contribution is 7.03. The zero-order valence-electron chi connectivity index (χ0n) is 4.79. The number of carbonyl (C=O) groups excluding carboxylic acids is 1. The Morgan fingerprint density at radius 1 is 1.89 bits per heavy atom. The van der Waals surface area contributed by atoms with Crippen LogP contribution in [-0.2, 0) is 0 Å². The van der Waals surface area contributed by atoms with Gasteiger partial charge in [-0.05, 0) is 11.5 Å². The summed E-state index contributed by atoms with van der Waals surface area (Å²) < 4.78 is 3.71. The first-order valence-corrected chi connectivity index (χ1v) is 3.16. The third kappa shape index (κ3) is 1.23. The lowest BCUT2D eigenvalue weighted by Gasteiger charge is -1.88. The molecule has 0 bridgehead atoms. The van der Waals surface area contributed by atoms with Crippen molar-refractivity contribution in [3.63, 3.8) is 0 Å². The number of aromatic nitrogens is 2. The van der Waals surface area contributed by atoms with Crippen molar-refractivity contribution in [3.05, 3.63) is 11.3 Å². The maximum Gasteiger partial charge on any atom is 0.289 e. The van der Waals surface area contributed by atoms with Gasteiger partial charge in [-0.3, -0.25) is 4.79 Å². The Hall–Kier alpha value is -0.970. The summed E-state index contributed by atoms with van der Waals surface area (Å²) in [4.78, 5) is 14.3. The Kier molecular flexibility index (Phi) is 1.74. The second-order valence-electron chi connectivity index (χ2n) is 1.33. The average Bonchev–Trinajstić information content (AvgIpc) is 2.37. The van der Waals surface area contributed by atoms with Crippen LogP contribution in [0.4, 0.5) is 0 Å². The Balaban J connectivity index is 2.77. The summed E-state index contributed by atoms with van der Waals surface area (Å²) in [5.74, 6) is -0.00116. The highest BCUT2D eigenvalue weighted by Gasteiger charge is 2.04. The van der Waals surface area contributed by atoms with Crippen LogP contribution in [0.15, 0.2) is 5.51 Å². The number of hydrogen-bond acceptors (Lipinski definition) is 4.